The van der Waals surface area contributed by atoms with Gasteiger partial charge in [0.2, 0.25) is 0 Å². The van der Waals surface area contributed by atoms with E-state index in [1.54, 1.807) is 18.9 Å². The van der Waals surface area contributed by atoms with Crippen LogP contribution in [0.15, 0.2) is 58.5 Å². The van der Waals surface area contributed by atoms with Gasteiger partial charge in [0.25, 0.3) is 0 Å². The molecule has 0 spiro atoms. The van der Waals surface area contributed by atoms with E-state index in [1.807, 2.05) is 12.1 Å². The van der Waals surface area contributed by atoms with Crippen LogP contribution >= 0.6 is 11.8 Å². The fourth-order valence-electron chi connectivity index (χ4n) is 2.55. The molecule has 2 aromatic carbocycles. The molecule has 1 aromatic heterocycles. The van der Waals surface area contributed by atoms with E-state index in [0.29, 0.717) is 5.92 Å². The summed E-state index contributed by atoms with van der Waals surface area (Å²) in [6.45, 7) is 4.49. The Hall–Kier alpha value is -1.87. The van der Waals surface area contributed by atoms with Crippen molar-refractivity contribution < 1.29 is 4.74 Å². The molecule has 3 aromatic rings. The number of benzene rings is 2. The van der Waals surface area contributed by atoms with Gasteiger partial charge in [-0.3, -0.25) is 0 Å². The molecule has 1 N–H and O–H groups in total. The molecule has 0 unspecified atom stereocenters. The maximum absolute atomic E-state index is 5.21. The summed E-state index contributed by atoms with van der Waals surface area (Å²) in [5.41, 5.74) is 2.60. The molecule has 0 saturated carbocycles. The normalized spacial score (nSPS) is 11.2. The van der Waals surface area contributed by atoms with Gasteiger partial charge in [-0.1, -0.05) is 43.8 Å². The topological polar surface area (TPSA) is 25.0 Å². The summed E-state index contributed by atoms with van der Waals surface area (Å²) in [5.74, 6) is 1.38. The minimum Gasteiger partial charge on any atom is -0.497 e. The van der Waals surface area contributed by atoms with Gasteiger partial charge < -0.3 is 9.72 Å². The van der Waals surface area contributed by atoms with Gasteiger partial charge in [-0.2, -0.15) is 0 Å². The Kier molecular flexibility index (Phi) is 3.93. The average molecular weight is 297 g/mol. The number of H-pyrrole nitrogens is 1. The number of para-hydroxylation sites is 1. The minimum atomic E-state index is 0.488. The highest BCUT2D eigenvalue weighted by Crippen LogP contribution is 2.38. The van der Waals surface area contributed by atoms with E-state index >= 15 is 0 Å². The largest absolute Gasteiger partial charge is 0.497 e. The van der Waals surface area contributed by atoms with E-state index in [-0.39, 0.29) is 0 Å². The Morgan fingerprint density at radius 3 is 2.38 bits per heavy atom. The third kappa shape index (κ3) is 2.79. The fourth-order valence-corrected chi connectivity index (χ4v) is 3.68. The molecular weight excluding hydrogens is 278 g/mol. The van der Waals surface area contributed by atoms with Gasteiger partial charge in [0.05, 0.1) is 12.1 Å². The van der Waals surface area contributed by atoms with Crippen LogP contribution in [-0.4, -0.2) is 12.1 Å². The molecule has 0 bridgehead atoms. The number of fused-ring (bicyclic) bond motifs is 1. The van der Waals surface area contributed by atoms with E-state index in [9.17, 15) is 0 Å². The molecule has 0 saturated heterocycles. The average Bonchev–Trinajstić information content (AvgIpc) is 2.86. The number of nitrogens with one attached hydrogen (secondary N) is 1. The van der Waals surface area contributed by atoms with Gasteiger partial charge in [-0.05, 0) is 41.8 Å². The molecule has 0 aliphatic heterocycles. The van der Waals surface area contributed by atoms with Crippen LogP contribution in [0.1, 0.15) is 25.3 Å². The van der Waals surface area contributed by atoms with Crippen LogP contribution in [0.3, 0.4) is 0 Å². The van der Waals surface area contributed by atoms with Gasteiger partial charge >= 0.3 is 0 Å². The first kappa shape index (κ1) is 14.1. The highest BCUT2D eigenvalue weighted by molar-refractivity contribution is 7.99. The molecule has 3 heteroatoms. The first-order valence-electron chi connectivity index (χ1n) is 7.11. The Labute approximate surface area is 129 Å². The fraction of sp³-hybridized carbons (Fsp3) is 0.222. The quantitative estimate of drug-likeness (QED) is 0.692. The molecule has 2 nitrogen and oxygen atoms in total. The van der Waals surface area contributed by atoms with Crippen molar-refractivity contribution in [2.75, 3.05) is 7.11 Å². The van der Waals surface area contributed by atoms with Crippen molar-refractivity contribution in [2.24, 2.45) is 0 Å². The summed E-state index contributed by atoms with van der Waals surface area (Å²) >= 11 is 1.78. The molecule has 0 fully saturated rings. The standard InChI is InChI=1S/C18H19NOS/c1-12(2)17-15-6-4-5-7-16(15)19-18(17)21-14-10-8-13(20-3)9-11-14/h4-12,19H,1-3H3. The summed E-state index contributed by atoms with van der Waals surface area (Å²) in [4.78, 5) is 4.77. The lowest BCUT2D eigenvalue weighted by Gasteiger charge is -2.08. The number of ether oxygens (including phenoxy) is 1. The Morgan fingerprint density at radius 1 is 1.00 bits per heavy atom. The van der Waals surface area contributed by atoms with E-state index in [2.05, 4.69) is 55.2 Å². The van der Waals surface area contributed by atoms with Crippen LogP contribution in [0.4, 0.5) is 0 Å². The lowest BCUT2D eigenvalue weighted by atomic mass is 10.0. The van der Waals surface area contributed by atoms with Crippen molar-refractivity contribution in [1.82, 2.24) is 4.98 Å². The van der Waals surface area contributed by atoms with Crippen molar-refractivity contribution in [3.05, 3.63) is 54.1 Å². The summed E-state index contributed by atoms with van der Waals surface area (Å²) in [6.07, 6.45) is 0. The maximum Gasteiger partial charge on any atom is 0.118 e. The third-order valence-corrected chi connectivity index (χ3v) is 4.60. The van der Waals surface area contributed by atoms with Crippen LogP contribution < -0.4 is 4.74 Å². The summed E-state index contributed by atoms with van der Waals surface area (Å²) in [6, 6.07) is 16.7. The molecule has 1 heterocycles. The first-order valence-corrected chi connectivity index (χ1v) is 7.93. The number of aromatic amines is 1. The van der Waals surface area contributed by atoms with Crippen molar-refractivity contribution >= 4 is 22.7 Å². The molecule has 0 aliphatic rings. The molecule has 108 valence electrons. The summed E-state index contributed by atoms with van der Waals surface area (Å²) in [5, 5.41) is 2.56. The second kappa shape index (κ2) is 5.86. The zero-order valence-corrected chi connectivity index (χ0v) is 13.3. The molecule has 0 radical (unpaired) electrons. The van der Waals surface area contributed by atoms with Gasteiger partial charge in [-0.15, -0.1) is 0 Å². The van der Waals surface area contributed by atoms with Crippen molar-refractivity contribution in [2.45, 2.75) is 29.7 Å². The number of methoxy groups -OCH3 is 1. The minimum absolute atomic E-state index is 0.488. The molecule has 0 amide bonds. The number of rotatable bonds is 4. The second-order valence-electron chi connectivity index (χ2n) is 5.35. The van der Waals surface area contributed by atoms with E-state index < -0.39 is 0 Å². The zero-order chi connectivity index (χ0) is 14.8. The van der Waals surface area contributed by atoms with Gasteiger partial charge in [0.1, 0.15) is 5.75 Å². The number of hydrogen-bond donors (Lipinski definition) is 1. The van der Waals surface area contributed by atoms with Gasteiger partial charge in [-0.25, -0.2) is 0 Å². The lowest BCUT2D eigenvalue weighted by molar-refractivity contribution is 0.414. The van der Waals surface area contributed by atoms with Crippen LogP contribution in [0.2, 0.25) is 0 Å². The van der Waals surface area contributed by atoms with Crippen LogP contribution in [0.5, 0.6) is 5.75 Å². The molecular formula is C18H19NOS. The molecule has 21 heavy (non-hydrogen) atoms. The Morgan fingerprint density at radius 2 is 1.71 bits per heavy atom. The Balaban J connectivity index is 2.00. The molecule has 0 atom stereocenters. The van der Waals surface area contributed by atoms with Crippen LogP contribution in [0.25, 0.3) is 10.9 Å². The highest BCUT2D eigenvalue weighted by Gasteiger charge is 2.15. The Bertz CT molecular complexity index is 744. The van der Waals surface area contributed by atoms with Crippen molar-refractivity contribution in [3.63, 3.8) is 0 Å². The smallest absolute Gasteiger partial charge is 0.118 e. The third-order valence-electron chi connectivity index (χ3n) is 3.57. The monoisotopic (exact) mass is 297 g/mol. The van der Waals surface area contributed by atoms with Crippen LogP contribution in [-0.2, 0) is 0 Å². The van der Waals surface area contributed by atoms with Crippen molar-refractivity contribution in [1.29, 1.82) is 0 Å². The first-order chi connectivity index (χ1) is 10.2. The predicted octanol–water partition coefficient (Wildman–Crippen LogP) is 5.45. The highest BCUT2D eigenvalue weighted by atomic mass is 32.2. The maximum atomic E-state index is 5.21. The number of hydrogen-bond acceptors (Lipinski definition) is 2. The van der Waals surface area contributed by atoms with E-state index in [1.165, 1.54) is 26.4 Å². The van der Waals surface area contributed by atoms with Crippen LogP contribution in [0, 0.1) is 0 Å². The second-order valence-corrected chi connectivity index (χ2v) is 6.43. The summed E-state index contributed by atoms with van der Waals surface area (Å²) < 4.78 is 5.21. The van der Waals surface area contributed by atoms with Gasteiger partial charge in [0.15, 0.2) is 0 Å². The zero-order valence-electron chi connectivity index (χ0n) is 12.5. The molecule has 0 aliphatic carbocycles. The number of aromatic nitrogens is 1. The predicted molar refractivity (Wildman–Crippen MR) is 89.5 cm³/mol. The van der Waals surface area contributed by atoms with Crippen molar-refractivity contribution in [3.8, 4) is 5.75 Å². The lowest BCUT2D eigenvalue weighted by Crippen LogP contribution is -1.88. The molecule has 3 rings (SSSR count). The summed E-state index contributed by atoms with van der Waals surface area (Å²) in [7, 11) is 1.69. The van der Waals surface area contributed by atoms with Gasteiger partial charge in [0, 0.05) is 15.8 Å². The van der Waals surface area contributed by atoms with E-state index in [4.69, 9.17) is 4.74 Å². The van der Waals surface area contributed by atoms with E-state index in [0.717, 1.165) is 5.75 Å². The SMILES string of the molecule is COc1ccc(Sc2[nH]c3ccccc3c2C(C)C)cc1.